The van der Waals surface area contributed by atoms with Crippen LogP contribution in [0.15, 0.2) is 30.3 Å². The molecule has 1 rings (SSSR count). The molecule has 0 amide bonds. The molecule has 5 nitrogen and oxygen atoms in total. The van der Waals surface area contributed by atoms with E-state index < -0.39 is 15.9 Å². The highest BCUT2D eigenvalue weighted by Gasteiger charge is 2.22. The zero-order chi connectivity index (χ0) is 12.2. The summed E-state index contributed by atoms with van der Waals surface area (Å²) >= 11 is 0. The van der Waals surface area contributed by atoms with Crippen molar-refractivity contribution in [2.45, 2.75) is 19.4 Å². The van der Waals surface area contributed by atoms with E-state index in [0.29, 0.717) is 5.75 Å². The fourth-order valence-corrected chi connectivity index (χ4v) is 1.51. The predicted molar refractivity (Wildman–Crippen MR) is 60.2 cm³/mol. The third-order valence-corrected chi connectivity index (χ3v) is 2.15. The molecule has 0 unspecified atom stereocenters. The van der Waals surface area contributed by atoms with Crippen LogP contribution < -0.4 is 9.88 Å². The van der Waals surface area contributed by atoms with Crippen molar-refractivity contribution in [2.24, 2.45) is 5.14 Å². The molecule has 16 heavy (non-hydrogen) atoms. The molecule has 90 valence electrons. The van der Waals surface area contributed by atoms with Crippen LogP contribution in [0.2, 0.25) is 0 Å². The molecular weight excluding hydrogens is 230 g/mol. The monoisotopic (exact) mass is 245 g/mol. The van der Waals surface area contributed by atoms with Crippen molar-refractivity contribution in [2.75, 3.05) is 6.61 Å². The van der Waals surface area contributed by atoms with Gasteiger partial charge in [-0.05, 0) is 26.0 Å². The summed E-state index contributed by atoms with van der Waals surface area (Å²) in [7, 11) is -3.93. The standard InChI is InChI=1S/C10H15NO4S/c1-10(2,8-14-16(11,12)13)15-9-6-4-3-5-7-9/h3-7H,8H2,1-2H3,(H2,11,12,13). The van der Waals surface area contributed by atoms with Crippen LogP contribution in [-0.4, -0.2) is 20.6 Å². The normalized spacial score (nSPS) is 12.4. The Hall–Kier alpha value is -1.11. The van der Waals surface area contributed by atoms with Gasteiger partial charge < -0.3 is 4.74 Å². The van der Waals surface area contributed by atoms with Gasteiger partial charge in [-0.2, -0.15) is 8.42 Å². The number of hydrogen-bond donors (Lipinski definition) is 1. The molecule has 0 saturated heterocycles. The van der Waals surface area contributed by atoms with Gasteiger partial charge in [-0.25, -0.2) is 5.14 Å². The summed E-state index contributed by atoms with van der Waals surface area (Å²) in [5.41, 5.74) is -0.770. The number of para-hydroxylation sites is 1. The van der Waals surface area contributed by atoms with Gasteiger partial charge >= 0.3 is 10.3 Å². The fraction of sp³-hybridized carbons (Fsp3) is 0.400. The molecule has 1 aromatic carbocycles. The Bertz CT molecular complexity index is 427. The molecule has 6 heteroatoms. The lowest BCUT2D eigenvalue weighted by Crippen LogP contribution is -2.36. The minimum atomic E-state index is -3.93. The van der Waals surface area contributed by atoms with Crippen LogP contribution in [0.1, 0.15) is 13.8 Å². The molecule has 0 atom stereocenters. The Morgan fingerprint density at radius 1 is 1.25 bits per heavy atom. The van der Waals surface area contributed by atoms with Crippen LogP contribution in [0.5, 0.6) is 5.75 Å². The number of rotatable bonds is 5. The number of ether oxygens (including phenoxy) is 1. The van der Waals surface area contributed by atoms with Crippen molar-refractivity contribution >= 4 is 10.3 Å². The summed E-state index contributed by atoms with van der Waals surface area (Å²) in [6, 6.07) is 9.07. The Morgan fingerprint density at radius 3 is 2.31 bits per heavy atom. The van der Waals surface area contributed by atoms with Gasteiger partial charge in [0.2, 0.25) is 0 Å². The van der Waals surface area contributed by atoms with Gasteiger partial charge in [0.1, 0.15) is 18.0 Å². The van der Waals surface area contributed by atoms with Crippen molar-refractivity contribution in [3.05, 3.63) is 30.3 Å². The van der Waals surface area contributed by atoms with Gasteiger partial charge in [-0.15, -0.1) is 0 Å². The first-order valence-electron chi connectivity index (χ1n) is 4.70. The minimum Gasteiger partial charge on any atom is -0.485 e. The largest absolute Gasteiger partial charge is 0.485 e. The summed E-state index contributed by atoms with van der Waals surface area (Å²) in [6.45, 7) is 3.29. The highest BCUT2D eigenvalue weighted by molar-refractivity contribution is 7.84. The van der Waals surface area contributed by atoms with Gasteiger partial charge in [-0.3, -0.25) is 4.18 Å². The third-order valence-electron chi connectivity index (χ3n) is 1.71. The number of benzene rings is 1. The van der Waals surface area contributed by atoms with Crippen LogP contribution >= 0.6 is 0 Å². The van der Waals surface area contributed by atoms with E-state index in [1.807, 2.05) is 18.2 Å². The van der Waals surface area contributed by atoms with Crippen molar-refractivity contribution < 1.29 is 17.3 Å². The molecule has 0 aliphatic carbocycles. The maximum absolute atomic E-state index is 10.6. The van der Waals surface area contributed by atoms with Crippen molar-refractivity contribution in [3.63, 3.8) is 0 Å². The lowest BCUT2D eigenvalue weighted by molar-refractivity contribution is 0.0547. The summed E-state index contributed by atoms with van der Waals surface area (Å²) in [5, 5.41) is 4.73. The number of nitrogens with two attached hydrogens (primary N) is 1. The first-order valence-corrected chi connectivity index (χ1v) is 6.17. The molecule has 0 aliphatic rings. The van der Waals surface area contributed by atoms with Crippen molar-refractivity contribution in [3.8, 4) is 5.75 Å². The number of hydrogen-bond acceptors (Lipinski definition) is 4. The lowest BCUT2D eigenvalue weighted by atomic mass is 10.1. The average molecular weight is 245 g/mol. The van der Waals surface area contributed by atoms with E-state index in [-0.39, 0.29) is 6.61 Å². The molecule has 0 aliphatic heterocycles. The van der Waals surface area contributed by atoms with Crippen LogP contribution in [-0.2, 0) is 14.5 Å². The maximum Gasteiger partial charge on any atom is 0.333 e. The lowest BCUT2D eigenvalue weighted by Gasteiger charge is -2.25. The van der Waals surface area contributed by atoms with E-state index >= 15 is 0 Å². The highest BCUT2D eigenvalue weighted by atomic mass is 32.2. The smallest absolute Gasteiger partial charge is 0.333 e. The quantitative estimate of drug-likeness (QED) is 0.841. The van der Waals surface area contributed by atoms with E-state index in [9.17, 15) is 8.42 Å². The molecule has 0 spiro atoms. The van der Waals surface area contributed by atoms with Gasteiger partial charge in [0.15, 0.2) is 0 Å². The highest BCUT2D eigenvalue weighted by Crippen LogP contribution is 2.18. The van der Waals surface area contributed by atoms with Gasteiger partial charge in [-0.1, -0.05) is 18.2 Å². The summed E-state index contributed by atoms with van der Waals surface area (Å²) in [5.74, 6) is 0.644. The topological polar surface area (TPSA) is 78.6 Å². The first kappa shape index (κ1) is 13.0. The molecule has 2 N–H and O–H groups in total. The second kappa shape index (κ2) is 4.82. The molecule has 0 saturated carbocycles. The first-order chi connectivity index (χ1) is 7.29. The van der Waals surface area contributed by atoms with E-state index in [4.69, 9.17) is 9.88 Å². The Labute approximate surface area is 95.4 Å². The van der Waals surface area contributed by atoms with Crippen LogP contribution in [0.25, 0.3) is 0 Å². The second-order valence-corrected chi connectivity index (χ2v) is 5.15. The van der Waals surface area contributed by atoms with Gasteiger partial charge in [0, 0.05) is 0 Å². The molecule has 0 radical (unpaired) electrons. The molecule has 0 bridgehead atoms. The van der Waals surface area contributed by atoms with Gasteiger partial charge in [0.05, 0.1) is 0 Å². The zero-order valence-corrected chi connectivity index (χ0v) is 10.0. The summed E-state index contributed by atoms with van der Waals surface area (Å²) < 4.78 is 31.3. The molecule has 0 fully saturated rings. The molecule has 0 aromatic heterocycles. The van der Waals surface area contributed by atoms with E-state index in [2.05, 4.69) is 4.18 Å². The Kier molecular flexibility index (Phi) is 3.90. The Balaban J connectivity index is 2.59. The van der Waals surface area contributed by atoms with Crippen LogP contribution in [0.3, 0.4) is 0 Å². The maximum atomic E-state index is 10.6. The van der Waals surface area contributed by atoms with Crippen LogP contribution in [0.4, 0.5) is 0 Å². The van der Waals surface area contributed by atoms with Crippen LogP contribution in [0, 0.1) is 0 Å². The fourth-order valence-electron chi connectivity index (χ4n) is 1.06. The molecular formula is C10H15NO4S. The second-order valence-electron chi connectivity index (χ2n) is 3.93. The van der Waals surface area contributed by atoms with Crippen molar-refractivity contribution in [1.82, 2.24) is 0 Å². The van der Waals surface area contributed by atoms with Gasteiger partial charge in [0.25, 0.3) is 0 Å². The minimum absolute atomic E-state index is 0.138. The predicted octanol–water partition coefficient (Wildman–Crippen LogP) is 1.06. The SMILES string of the molecule is CC(C)(COS(N)(=O)=O)Oc1ccccc1. The van der Waals surface area contributed by atoms with Crippen molar-refractivity contribution in [1.29, 1.82) is 0 Å². The third kappa shape index (κ3) is 5.11. The Morgan fingerprint density at radius 2 is 1.81 bits per heavy atom. The summed E-state index contributed by atoms with van der Waals surface area (Å²) in [6.07, 6.45) is 0. The van der Waals surface area contributed by atoms with E-state index in [0.717, 1.165) is 0 Å². The van der Waals surface area contributed by atoms with E-state index in [1.165, 1.54) is 0 Å². The summed E-state index contributed by atoms with van der Waals surface area (Å²) in [4.78, 5) is 0. The molecule has 1 aromatic rings. The van der Waals surface area contributed by atoms with E-state index in [1.54, 1.807) is 26.0 Å². The molecule has 0 heterocycles. The average Bonchev–Trinajstić information content (AvgIpc) is 2.15. The zero-order valence-electron chi connectivity index (χ0n) is 9.21.